The lowest BCUT2D eigenvalue weighted by atomic mass is 9.85. The lowest BCUT2D eigenvalue weighted by Crippen LogP contribution is -2.29. The Kier molecular flexibility index (Phi) is 6.58. The maximum Gasteiger partial charge on any atom is 0.250 e. The highest BCUT2D eigenvalue weighted by Gasteiger charge is 2.39. The summed E-state index contributed by atoms with van der Waals surface area (Å²) in [7, 11) is 0. The molecule has 0 unspecified atom stereocenters. The first-order valence-corrected chi connectivity index (χ1v) is 12.4. The summed E-state index contributed by atoms with van der Waals surface area (Å²) in [6, 6.07) is 3.66. The lowest BCUT2D eigenvalue weighted by molar-refractivity contribution is -0.122. The van der Waals surface area contributed by atoms with Crippen molar-refractivity contribution in [3.63, 3.8) is 0 Å². The molecule has 3 aromatic rings. The number of nitrogens with one attached hydrogen (secondary N) is 2. The zero-order valence-electron chi connectivity index (χ0n) is 19.6. The Labute approximate surface area is 215 Å². The van der Waals surface area contributed by atoms with Crippen LogP contribution in [0.5, 0.6) is 0 Å². The number of imidazole rings is 1. The van der Waals surface area contributed by atoms with Crippen molar-refractivity contribution < 1.29 is 18.0 Å². The van der Waals surface area contributed by atoms with E-state index in [4.69, 9.17) is 22.6 Å². The van der Waals surface area contributed by atoms with Gasteiger partial charge in [-0.1, -0.05) is 11.6 Å². The molecule has 1 aromatic carbocycles. The number of hydrogen-bond donors (Lipinski definition) is 3. The molecule has 2 fully saturated rings. The van der Waals surface area contributed by atoms with E-state index in [0.29, 0.717) is 43.3 Å². The molecule has 0 aliphatic heterocycles. The Morgan fingerprint density at radius 2 is 1.97 bits per heavy atom. The number of fused-ring (bicyclic) bond motifs is 1. The number of carbonyl (C=O) groups excluding carboxylic acids is 1. The predicted octanol–water partition coefficient (Wildman–Crippen LogP) is 5.05. The number of carbonyl (C=O) groups is 1. The van der Waals surface area contributed by atoms with Crippen LogP contribution in [-0.4, -0.2) is 37.4 Å². The third-order valence-electron chi connectivity index (χ3n) is 7.04. The Bertz CT molecular complexity index is 1370. The van der Waals surface area contributed by atoms with E-state index >= 15 is 0 Å². The minimum absolute atomic E-state index is 0.00296. The zero-order valence-corrected chi connectivity index (χ0v) is 20.4. The Balaban J connectivity index is 1.52. The average molecular weight is 533 g/mol. The SMILES string of the molecule is N#Cc1cc(F)c(Nc2nc3cnc(N[C@@H]4CCC(F)(F)C4)nc3n2[C@H]2CC[C@H](C(N)=O)CC2)c(Cl)c1. The fourth-order valence-corrected chi connectivity index (χ4v) is 5.39. The van der Waals surface area contributed by atoms with Gasteiger partial charge in [0.1, 0.15) is 11.3 Å². The van der Waals surface area contributed by atoms with E-state index in [0.717, 1.165) is 6.07 Å². The molecule has 0 spiro atoms. The van der Waals surface area contributed by atoms with Gasteiger partial charge in [0, 0.05) is 30.8 Å². The summed E-state index contributed by atoms with van der Waals surface area (Å²) in [5.74, 6) is -3.58. The van der Waals surface area contributed by atoms with Crippen molar-refractivity contribution in [2.24, 2.45) is 11.7 Å². The van der Waals surface area contributed by atoms with Crippen LogP contribution in [0.15, 0.2) is 18.3 Å². The monoisotopic (exact) mass is 532 g/mol. The molecule has 5 rings (SSSR count). The number of benzene rings is 1. The first kappa shape index (κ1) is 25.1. The molecule has 2 aromatic heterocycles. The van der Waals surface area contributed by atoms with E-state index in [2.05, 4.69) is 25.6 Å². The van der Waals surface area contributed by atoms with Gasteiger partial charge in [-0.25, -0.2) is 23.1 Å². The Morgan fingerprint density at radius 1 is 1.22 bits per heavy atom. The first-order valence-electron chi connectivity index (χ1n) is 12.0. The number of nitrogens with two attached hydrogens (primary N) is 1. The summed E-state index contributed by atoms with van der Waals surface area (Å²) >= 11 is 6.26. The van der Waals surface area contributed by atoms with E-state index in [1.807, 2.05) is 6.07 Å². The van der Waals surface area contributed by atoms with Gasteiger partial charge in [-0.15, -0.1) is 0 Å². The molecule has 2 aliphatic carbocycles. The van der Waals surface area contributed by atoms with Gasteiger partial charge in [0.15, 0.2) is 5.65 Å². The van der Waals surface area contributed by atoms with Crippen molar-refractivity contribution in [3.05, 3.63) is 34.7 Å². The molecular weight excluding hydrogens is 509 g/mol. The summed E-state index contributed by atoms with van der Waals surface area (Å²) in [6.07, 6.45) is 3.61. The molecule has 2 saturated carbocycles. The molecule has 9 nitrogen and oxygen atoms in total. The number of anilines is 3. The maximum atomic E-state index is 14.8. The van der Waals surface area contributed by atoms with Gasteiger partial charge in [0.25, 0.3) is 0 Å². The lowest BCUT2D eigenvalue weighted by Gasteiger charge is -2.29. The summed E-state index contributed by atoms with van der Waals surface area (Å²) in [5.41, 5.74) is 6.35. The third kappa shape index (κ3) is 5.13. The Hall–Kier alpha value is -3.59. The van der Waals surface area contributed by atoms with E-state index < -0.39 is 17.8 Å². The van der Waals surface area contributed by atoms with Crippen molar-refractivity contribution >= 4 is 46.3 Å². The van der Waals surface area contributed by atoms with Gasteiger partial charge in [-0.05, 0) is 44.2 Å². The van der Waals surface area contributed by atoms with Gasteiger partial charge < -0.3 is 16.4 Å². The highest BCUT2D eigenvalue weighted by Crippen LogP contribution is 2.39. The van der Waals surface area contributed by atoms with E-state index in [1.165, 1.54) is 12.3 Å². The van der Waals surface area contributed by atoms with Gasteiger partial charge in [0.05, 0.1) is 28.5 Å². The van der Waals surface area contributed by atoms with E-state index in [1.54, 1.807) is 4.57 Å². The van der Waals surface area contributed by atoms with Gasteiger partial charge in [-0.2, -0.15) is 10.2 Å². The summed E-state index contributed by atoms with van der Waals surface area (Å²) in [6.45, 7) is 0. The molecule has 4 N–H and O–H groups in total. The average Bonchev–Trinajstić information content (AvgIpc) is 3.39. The minimum Gasteiger partial charge on any atom is -0.369 e. The number of alkyl halides is 2. The van der Waals surface area contributed by atoms with Crippen LogP contribution >= 0.6 is 11.6 Å². The largest absolute Gasteiger partial charge is 0.369 e. The van der Waals surface area contributed by atoms with Crippen molar-refractivity contribution in [2.45, 2.75) is 63.0 Å². The first-order chi connectivity index (χ1) is 17.6. The number of halogens is 4. The molecule has 0 saturated heterocycles. The molecule has 13 heteroatoms. The topological polar surface area (TPSA) is 135 Å². The zero-order chi connectivity index (χ0) is 26.3. The molecule has 0 bridgehead atoms. The number of amides is 1. The van der Waals surface area contributed by atoms with Gasteiger partial charge >= 0.3 is 0 Å². The molecular formula is C24H24ClF3N8O. The Morgan fingerprint density at radius 3 is 2.59 bits per heavy atom. The minimum atomic E-state index is -2.72. The smallest absolute Gasteiger partial charge is 0.250 e. The van der Waals surface area contributed by atoms with Gasteiger partial charge in [0.2, 0.25) is 23.7 Å². The van der Waals surface area contributed by atoms with Crippen LogP contribution in [-0.2, 0) is 4.79 Å². The quantitative estimate of drug-likeness (QED) is 0.404. The van der Waals surface area contributed by atoms with Crippen LogP contribution in [0, 0.1) is 23.1 Å². The van der Waals surface area contributed by atoms with Crippen molar-refractivity contribution in [1.29, 1.82) is 5.26 Å². The molecule has 0 radical (unpaired) electrons. The second-order valence-electron chi connectivity index (χ2n) is 9.61. The number of primary amides is 1. The van der Waals surface area contributed by atoms with E-state index in [9.17, 15) is 18.0 Å². The van der Waals surface area contributed by atoms with Crippen LogP contribution in [0.2, 0.25) is 5.02 Å². The number of hydrogen-bond acceptors (Lipinski definition) is 7. The number of aromatic nitrogens is 4. The number of rotatable bonds is 6. The summed E-state index contributed by atoms with van der Waals surface area (Å²) in [4.78, 5) is 25.1. The van der Waals surface area contributed by atoms with Crippen molar-refractivity contribution in [2.75, 3.05) is 10.6 Å². The predicted molar refractivity (Wildman–Crippen MR) is 131 cm³/mol. The van der Waals surface area contributed by atoms with Gasteiger partial charge in [-0.3, -0.25) is 9.36 Å². The maximum absolute atomic E-state index is 14.8. The molecule has 1 atom stereocenters. The molecule has 1 amide bonds. The number of nitriles is 1. The molecule has 2 heterocycles. The van der Waals surface area contributed by atoms with Crippen molar-refractivity contribution in [1.82, 2.24) is 19.5 Å². The highest BCUT2D eigenvalue weighted by molar-refractivity contribution is 6.33. The van der Waals surface area contributed by atoms with Crippen LogP contribution in [0.4, 0.5) is 30.8 Å². The third-order valence-corrected chi connectivity index (χ3v) is 7.34. The van der Waals surface area contributed by atoms with Crippen LogP contribution < -0.4 is 16.4 Å². The highest BCUT2D eigenvalue weighted by atomic mass is 35.5. The fourth-order valence-electron chi connectivity index (χ4n) is 5.14. The van der Waals surface area contributed by atoms with Crippen LogP contribution in [0.1, 0.15) is 56.6 Å². The van der Waals surface area contributed by atoms with Crippen LogP contribution in [0.3, 0.4) is 0 Å². The van der Waals surface area contributed by atoms with Crippen LogP contribution in [0.25, 0.3) is 11.2 Å². The summed E-state index contributed by atoms with van der Waals surface area (Å²) in [5, 5.41) is 15.0. The van der Waals surface area contributed by atoms with Crippen molar-refractivity contribution in [3.8, 4) is 6.07 Å². The summed E-state index contributed by atoms with van der Waals surface area (Å²) < 4.78 is 44.0. The number of nitrogens with zero attached hydrogens (tertiary/aromatic N) is 5. The fraction of sp³-hybridized carbons (Fsp3) is 0.458. The second-order valence-corrected chi connectivity index (χ2v) is 10.0. The molecule has 37 heavy (non-hydrogen) atoms. The van der Waals surface area contributed by atoms with E-state index in [-0.39, 0.29) is 58.9 Å². The second kappa shape index (κ2) is 9.70. The molecule has 194 valence electrons. The standard InChI is InChI=1S/C24H24ClF3N8O/c25-16-7-12(10-29)8-17(26)19(16)34-23-33-18-11-31-22(32-14-5-6-24(27,28)9-14)35-21(18)36(23)15-3-1-13(2-4-15)20(30)37/h7-8,11,13-15H,1-6,9H2,(H2,30,37)(H,33,34)(H,31,32,35)/t13-,14-,15-/m1/s1. The normalized spacial score (nSPS) is 23.1. The molecule has 2 aliphatic rings.